The molecule has 13 heteroatoms. The Balaban J connectivity index is 2.28. The molecule has 1 rings (SSSR count). The minimum absolute atomic E-state index is 0.220. The van der Waals surface area contributed by atoms with E-state index < -0.39 is 59.9 Å². The molecular weight excluding hydrogens is 967 g/mol. The van der Waals surface area contributed by atoms with E-state index in [2.05, 4.69) is 23.3 Å². The summed E-state index contributed by atoms with van der Waals surface area (Å²) in [5.41, 5.74) is 0. The number of ether oxygens (including phenoxy) is 2. The lowest BCUT2D eigenvalue weighted by Crippen LogP contribution is -2.61. The Morgan fingerprint density at radius 3 is 1.07 bits per heavy atom. The van der Waals surface area contributed by atoms with E-state index in [0.717, 1.165) is 51.4 Å². The van der Waals surface area contributed by atoms with Crippen molar-refractivity contribution in [3.05, 3.63) is 0 Å². The third-order valence-corrected chi connectivity index (χ3v) is 16.4. The van der Waals surface area contributed by atoms with E-state index >= 15 is 0 Å². The lowest BCUT2D eigenvalue weighted by atomic mass is 9.99. The molecular formula is C62H123NO11S. The lowest BCUT2D eigenvalue weighted by molar-refractivity contribution is -0.298. The molecule has 448 valence electrons. The first-order valence-corrected chi connectivity index (χ1v) is 33.8. The number of hydrogen-bond acceptors (Lipinski definition) is 10. The molecule has 75 heavy (non-hydrogen) atoms. The average Bonchev–Trinajstić information content (AvgIpc) is 3.39. The second kappa shape index (κ2) is 52.5. The van der Waals surface area contributed by atoms with Crippen molar-refractivity contribution in [1.82, 2.24) is 5.32 Å². The Bertz CT molecular complexity index is 1330. The van der Waals surface area contributed by atoms with E-state index in [-0.39, 0.29) is 12.5 Å². The summed E-state index contributed by atoms with van der Waals surface area (Å²) in [4.78, 5) is 13.2. The Labute approximate surface area is 462 Å². The molecule has 0 radical (unpaired) electrons. The van der Waals surface area contributed by atoms with E-state index in [0.29, 0.717) is 12.8 Å². The van der Waals surface area contributed by atoms with Gasteiger partial charge in [-0.25, -0.2) is 4.18 Å². The van der Waals surface area contributed by atoms with Crippen LogP contribution >= 0.6 is 0 Å². The quantitative estimate of drug-likeness (QED) is 0.0251. The Hall–Kier alpha value is -0.900. The molecule has 0 aliphatic carbocycles. The summed E-state index contributed by atoms with van der Waals surface area (Å²) in [7, 11) is -5.08. The van der Waals surface area contributed by atoms with E-state index in [4.69, 9.17) is 9.47 Å². The zero-order valence-corrected chi connectivity index (χ0v) is 49.7. The molecule has 7 atom stereocenters. The first-order valence-electron chi connectivity index (χ1n) is 32.4. The van der Waals surface area contributed by atoms with Crippen molar-refractivity contribution in [3.8, 4) is 0 Å². The number of aliphatic hydroxyl groups excluding tert-OH is 4. The normalized spacial score (nSPS) is 18.9. The molecule has 1 saturated heterocycles. The number of nitrogens with one attached hydrogen (secondary N) is 1. The highest BCUT2D eigenvalue weighted by molar-refractivity contribution is 7.80. The van der Waals surface area contributed by atoms with Crippen LogP contribution in [0.1, 0.15) is 335 Å². The summed E-state index contributed by atoms with van der Waals surface area (Å²) in [6.07, 6.45) is 54.0. The van der Waals surface area contributed by atoms with Crippen LogP contribution in [0.3, 0.4) is 0 Å². The molecule has 0 aromatic carbocycles. The van der Waals surface area contributed by atoms with Gasteiger partial charge in [0.2, 0.25) is 5.91 Å². The van der Waals surface area contributed by atoms with E-state index in [1.807, 2.05) is 0 Å². The summed E-state index contributed by atoms with van der Waals surface area (Å²) < 4.78 is 48.0. The first-order chi connectivity index (χ1) is 36.5. The summed E-state index contributed by atoms with van der Waals surface area (Å²) >= 11 is 0. The van der Waals surface area contributed by atoms with Crippen molar-refractivity contribution >= 4 is 16.3 Å². The van der Waals surface area contributed by atoms with Crippen LogP contribution in [0, 0.1) is 0 Å². The SMILES string of the molecule is CCCCCCCCCCCCCCCCCCCCCCCCCCC(=O)NC(COC1OC(CO)C(O)C(OS(=O)(=O)O)C1O)C(O)CCCCCCCCCCCCCCCCCCCCCCCCCC. The molecule has 0 bridgehead atoms. The van der Waals surface area contributed by atoms with Gasteiger partial charge < -0.3 is 35.2 Å². The van der Waals surface area contributed by atoms with Crippen LogP contribution in [0.5, 0.6) is 0 Å². The number of hydrogen-bond donors (Lipinski definition) is 6. The summed E-state index contributed by atoms with van der Waals surface area (Å²) in [6.45, 7) is 3.52. The van der Waals surface area contributed by atoms with Crippen molar-refractivity contribution < 1.29 is 51.8 Å². The standard InChI is InChI=1S/C62H123NO11S/c1-3-5-7-9-11-13-15-17-19-21-23-25-27-29-31-33-35-37-39-41-43-45-47-49-51-56(65)55(54-72-62-60(68)61(74-75(69,70)71)59(67)57(53-64)73-62)63-58(66)52-50-48-46-44-42-40-38-36-34-32-30-28-26-24-22-20-18-16-14-12-10-8-6-4-2/h55-57,59-62,64-65,67-68H,3-54H2,1-2H3,(H,63,66)(H,69,70,71). The van der Waals surface area contributed by atoms with Gasteiger partial charge in [-0.15, -0.1) is 0 Å². The van der Waals surface area contributed by atoms with Gasteiger partial charge in [-0.2, -0.15) is 8.42 Å². The van der Waals surface area contributed by atoms with Gasteiger partial charge in [0.1, 0.15) is 24.4 Å². The fraction of sp³-hybridized carbons (Fsp3) is 0.984. The third kappa shape index (κ3) is 44.5. The monoisotopic (exact) mass is 1090 g/mol. The van der Waals surface area contributed by atoms with E-state index in [9.17, 15) is 38.2 Å². The van der Waals surface area contributed by atoms with Crippen molar-refractivity contribution in [2.75, 3.05) is 13.2 Å². The van der Waals surface area contributed by atoms with Crippen molar-refractivity contribution in [2.24, 2.45) is 0 Å². The lowest BCUT2D eigenvalue weighted by Gasteiger charge is -2.41. The highest BCUT2D eigenvalue weighted by Crippen LogP contribution is 2.27. The van der Waals surface area contributed by atoms with Gasteiger partial charge in [-0.1, -0.05) is 316 Å². The average molecular weight is 1090 g/mol. The molecule has 12 nitrogen and oxygen atoms in total. The molecule has 1 heterocycles. The van der Waals surface area contributed by atoms with Gasteiger partial charge in [0.15, 0.2) is 6.29 Å². The van der Waals surface area contributed by atoms with E-state index in [1.54, 1.807) is 0 Å². The predicted octanol–water partition coefficient (Wildman–Crippen LogP) is 16.0. The summed E-state index contributed by atoms with van der Waals surface area (Å²) in [5, 5.41) is 45.3. The number of amides is 1. The topological polar surface area (TPSA) is 192 Å². The third-order valence-electron chi connectivity index (χ3n) is 15.9. The molecule has 1 aliphatic heterocycles. The summed E-state index contributed by atoms with van der Waals surface area (Å²) in [5.74, 6) is -0.220. The van der Waals surface area contributed by atoms with Crippen LogP contribution in [0.4, 0.5) is 0 Å². The predicted molar refractivity (Wildman–Crippen MR) is 310 cm³/mol. The molecule has 6 N–H and O–H groups in total. The second-order valence-corrected chi connectivity index (χ2v) is 24.1. The van der Waals surface area contributed by atoms with Crippen molar-refractivity contribution in [2.45, 2.75) is 378 Å². The maximum Gasteiger partial charge on any atom is 0.397 e. The number of rotatable bonds is 58. The van der Waals surface area contributed by atoms with Crippen LogP contribution in [0.25, 0.3) is 0 Å². The zero-order valence-electron chi connectivity index (χ0n) is 48.9. The van der Waals surface area contributed by atoms with Crippen LogP contribution < -0.4 is 5.32 Å². The van der Waals surface area contributed by atoms with Gasteiger partial charge in [-0.05, 0) is 12.8 Å². The van der Waals surface area contributed by atoms with Crippen molar-refractivity contribution in [3.63, 3.8) is 0 Å². The summed E-state index contributed by atoms with van der Waals surface area (Å²) in [6, 6.07) is -0.854. The highest BCUT2D eigenvalue weighted by atomic mass is 32.3. The molecule has 1 amide bonds. The maximum atomic E-state index is 13.2. The smallest absolute Gasteiger partial charge is 0.394 e. The van der Waals surface area contributed by atoms with Crippen LogP contribution in [-0.4, -0.2) is 95.4 Å². The Kier molecular flexibility index (Phi) is 50.5. The molecule has 1 fully saturated rings. The number of unbranched alkanes of at least 4 members (excludes halogenated alkanes) is 46. The van der Waals surface area contributed by atoms with Gasteiger partial charge >= 0.3 is 10.4 Å². The molecule has 0 aromatic heterocycles. The van der Waals surface area contributed by atoms with Gasteiger partial charge in [0.05, 0.1) is 25.4 Å². The molecule has 1 aliphatic rings. The van der Waals surface area contributed by atoms with Crippen LogP contribution in [-0.2, 0) is 28.9 Å². The van der Waals surface area contributed by atoms with Gasteiger partial charge in [0.25, 0.3) is 0 Å². The number of carbonyl (C=O) groups is 1. The minimum Gasteiger partial charge on any atom is -0.394 e. The zero-order chi connectivity index (χ0) is 54.7. The fourth-order valence-corrected chi connectivity index (χ4v) is 11.4. The largest absolute Gasteiger partial charge is 0.397 e. The Morgan fingerprint density at radius 2 is 0.773 bits per heavy atom. The van der Waals surface area contributed by atoms with Gasteiger partial charge in [-0.3, -0.25) is 9.35 Å². The number of aliphatic hydroxyl groups is 4. The maximum absolute atomic E-state index is 13.2. The molecule has 0 aromatic rings. The van der Waals surface area contributed by atoms with Crippen LogP contribution in [0.2, 0.25) is 0 Å². The number of carbonyl (C=O) groups excluding carboxylic acids is 1. The fourth-order valence-electron chi connectivity index (χ4n) is 10.9. The van der Waals surface area contributed by atoms with E-state index in [1.165, 1.54) is 257 Å². The highest BCUT2D eigenvalue weighted by Gasteiger charge is 2.48. The van der Waals surface area contributed by atoms with Crippen molar-refractivity contribution in [1.29, 1.82) is 0 Å². The second-order valence-electron chi connectivity index (χ2n) is 23.1. The van der Waals surface area contributed by atoms with Crippen LogP contribution in [0.15, 0.2) is 0 Å². The molecule has 0 saturated carbocycles. The first kappa shape index (κ1) is 72.1. The van der Waals surface area contributed by atoms with Gasteiger partial charge in [0, 0.05) is 6.42 Å². The molecule has 0 spiro atoms. The minimum atomic E-state index is -5.08. The molecule has 7 unspecified atom stereocenters. The Morgan fingerprint density at radius 1 is 0.480 bits per heavy atom.